The minimum absolute atomic E-state index is 0.533. The summed E-state index contributed by atoms with van der Waals surface area (Å²) in [6.07, 6.45) is 8.98. The SMILES string of the molecule is C/C=C/C=C/COc1ccc(N=CNO)cc1. The molecular weight excluding hydrogens is 216 g/mol. The normalized spacial score (nSPS) is 11.6. The van der Waals surface area contributed by atoms with Crippen molar-refractivity contribution in [2.75, 3.05) is 6.61 Å². The van der Waals surface area contributed by atoms with Gasteiger partial charge in [0.05, 0.1) is 5.69 Å². The molecule has 0 radical (unpaired) electrons. The van der Waals surface area contributed by atoms with Gasteiger partial charge in [0.1, 0.15) is 18.7 Å². The highest BCUT2D eigenvalue weighted by Crippen LogP contribution is 2.17. The van der Waals surface area contributed by atoms with Crippen molar-refractivity contribution in [2.45, 2.75) is 6.92 Å². The molecule has 1 aromatic carbocycles. The predicted octanol–water partition coefficient (Wildman–Crippen LogP) is 2.84. The molecule has 0 aliphatic heterocycles. The highest BCUT2D eigenvalue weighted by atomic mass is 16.5. The van der Waals surface area contributed by atoms with Gasteiger partial charge in [-0.25, -0.2) is 4.99 Å². The molecule has 90 valence electrons. The Kier molecular flexibility index (Phi) is 6.21. The van der Waals surface area contributed by atoms with Gasteiger partial charge in [-0.15, -0.1) is 0 Å². The maximum absolute atomic E-state index is 8.33. The van der Waals surface area contributed by atoms with Gasteiger partial charge in [-0.05, 0) is 37.3 Å². The average molecular weight is 232 g/mol. The van der Waals surface area contributed by atoms with Crippen LogP contribution in [0.5, 0.6) is 5.75 Å². The molecule has 0 spiro atoms. The van der Waals surface area contributed by atoms with E-state index in [-0.39, 0.29) is 0 Å². The highest BCUT2D eigenvalue weighted by Gasteiger charge is 1.92. The number of hydrogen-bond acceptors (Lipinski definition) is 3. The monoisotopic (exact) mass is 232 g/mol. The van der Waals surface area contributed by atoms with Crippen LogP contribution in [-0.4, -0.2) is 18.2 Å². The molecule has 0 aliphatic carbocycles. The third-order valence-electron chi connectivity index (χ3n) is 1.89. The summed E-state index contributed by atoms with van der Waals surface area (Å²) in [6.45, 7) is 2.50. The van der Waals surface area contributed by atoms with Gasteiger partial charge in [0, 0.05) is 0 Å². The van der Waals surface area contributed by atoms with Crippen molar-refractivity contribution in [3.05, 3.63) is 48.6 Å². The minimum Gasteiger partial charge on any atom is -0.490 e. The quantitative estimate of drug-likeness (QED) is 0.343. The fraction of sp³-hybridized carbons (Fsp3) is 0.154. The Morgan fingerprint density at radius 3 is 2.71 bits per heavy atom. The Hall–Kier alpha value is -2.07. The molecule has 4 heteroatoms. The molecule has 1 rings (SSSR count). The van der Waals surface area contributed by atoms with E-state index in [1.165, 1.54) is 6.34 Å². The average Bonchev–Trinajstić information content (AvgIpc) is 2.37. The van der Waals surface area contributed by atoms with Crippen LogP contribution in [0.25, 0.3) is 0 Å². The van der Waals surface area contributed by atoms with Crippen LogP contribution in [0, 0.1) is 0 Å². The maximum atomic E-state index is 8.33. The van der Waals surface area contributed by atoms with Gasteiger partial charge in [0.25, 0.3) is 0 Å². The first-order chi connectivity index (χ1) is 8.36. The second kappa shape index (κ2) is 8.13. The van der Waals surface area contributed by atoms with Crippen LogP contribution >= 0.6 is 0 Å². The zero-order valence-electron chi connectivity index (χ0n) is 9.71. The van der Waals surface area contributed by atoms with Crippen molar-refractivity contribution in [3.63, 3.8) is 0 Å². The van der Waals surface area contributed by atoms with Crippen molar-refractivity contribution >= 4 is 12.0 Å². The van der Waals surface area contributed by atoms with Gasteiger partial charge >= 0.3 is 0 Å². The molecule has 0 atom stereocenters. The molecular formula is C13H16N2O2. The van der Waals surface area contributed by atoms with E-state index in [1.807, 2.05) is 48.8 Å². The van der Waals surface area contributed by atoms with E-state index in [4.69, 9.17) is 9.94 Å². The highest BCUT2D eigenvalue weighted by molar-refractivity contribution is 5.59. The first-order valence-corrected chi connectivity index (χ1v) is 5.29. The number of allylic oxidation sites excluding steroid dienone is 3. The molecule has 4 nitrogen and oxygen atoms in total. The van der Waals surface area contributed by atoms with Crippen LogP contribution < -0.4 is 10.2 Å². The van der Waals surface area contributed by atoms with Crippen LogP contribution in [-0.2, 0) is 0 Å². The van der Waals surface area contributed by atoms with Crippen LogP contribution in [0.2, 0.25) is 0 Å². The van der Waals surface area contributed by atoms with Gasteiger partial charge < -0.3 is 4.74 Å². The number of ether oxygens (including phenoxy) is 1. The standard InChI is InChI=1S/C13H16N2O2/c1-2-3-4-5-10-17-13-8-6-12(7-9-13)14-11-15-16/h2-9,11,16H,10H2,1H3,(H,14,15)/b3-2+,5-4+. The molecule has 2 N–H and O–H groups in total. The molecule has 0 amide bonds. The predicted molar refractivity (Wildman–Crippen MR) is 69.0 cm³/mol. The van der Waals surface area contributed by atoms with Gasteiger partial charge in [0.2, 0.25) is 0 Å². The first-order valence-electron chi connectivity index (χ1n) is 5.29. The molecule has 0 unspecified atom stereocenters. The molecule has 0 aliphatic rings. The van der Waals surface area contributed by atoms with Crippen LogP contribution in [0.3, 0.4) is 0 Å². The summed E-state index contributed by atoms with van der Waals surface area (Å²) in [6, 6.07) is 7.26. The Morgan fingerprint density at radius 1 is 1.29 bits per heavy atom. The first kappa shape index (κ1) is 13.0. The third-order valence-corrected chi connectivity index (χ3v) is 1.89. The summed E-state index contributed by atoms with van der Waals surface area (Å²) in [7, 11) is 0. The zero-order chi connectivity index (χ0) is 12.3. The third kappa shape index (κ3) is 5.53. The molecule has 0 fully saturated rings. The number of aliphatic imine (C=N–C) groups is 1. The second-order valence-corrected chi connectivity index (χ2v) is 3.15. The van der Waals surface area contributed by atoms with Crippen LogP contribution in [0.15, 0.2) is 53.6 Å². The van der Waals surface area contributed by atoms with Crippen molar-refractivity contribution < 1.29 is 9.94 Å². The fourth-order valence-corrected chi connectivity index (χ4v) is 1.12. The zero-order valence-corrected chi connectivity index (χ0v) is 9.71. The summed E-state index contributed by atoms with van der Waals surface area (Å²) < 4.78 is 5.47. The number of nitrogens with zero attached hydrogens (tertiary/aromatic N) is 1. The second-order valence-electron chi connectivity index (χ2n) is 3.15. The maximum Gasteiger partial charge on any atom is 0.119 e. The van der Waals surface area contributed by atoms with E-state index >= 15 is 0 Å². The Morgan fingerprint density at radius 2 is 2.06 bits per heavy atom. The summed E-state index contributed by atoms with van der Waals surface area (Å²) in [5.74, 6) is 0.783. The smallest absolute Gasteiger partial charge is 0.119 e. The number of rotatable bonds is 6. The van der Waals surface area contributed by atoms with Gasteiger partial charge in [-0.3, -0.25) is 10.7 Å². The lowest BCUT2D eigenvalue weighted by Gasteiger charge is -2.02. The topological polar surface area (TPSA) is 53.8 Å². The van der Waals surface area contributed by atoms with Gasteiger partial charge in [-0.2, -0.15) is 0 Å². The van der Waals surface area contributed by atoms with Crippen molar-refractivity contribution in [3.8, 4) is 5.75 Å². The van der Waals surface area contributed by atoms with Crippen molar-refractivity contribution in [2.24, 2.45) is 4.99 Å². The lowest BCUT2D eigenvalue weighted by Crippen LogP contribution is -2.00. The molecule has 0 aromatic heterocycles. The molecule has 0 saturated carbocycles. The molecule has 0 bridgehead atoms. The van der Waals surface area contributed by atoms with E-state index in [9.17, 15) is 0 Å². The van der Waals surface area contributed by atoms with Crippen molar-refractivity contribution in [1.29, 1.82) is 0 Å². The summed E-state index contributed by atoms with van der Waals surface area (Å²) in [4.78, 5) is 3.92. The number of hydrogen-bond donors (Lipinski definition) is 2. The van der Waals surface area contributed by atoms with Gasteiger partial charge in [-0.1, -0.05) is 18.2 Å². The van der Waals surface area contributed by atoms with Crippen LogP contribution in [0.1, 0.15) is 6.92 Å². The van der Waals surface area contributed by atoms with E-state index in [0.717, 1.165) is 11.4 Å². The minimum atomic E-state index is 0.533. The lowest BCUT2D eigenvalue weighted by molar-refractivity contribution is 0.240. The fourth-order valence-electron chi connectivity index (χ4n) is 1.12. The van der Waals surface area contributed by atoms with Gasteiger partial charge in [0.15, 0.2) is 0 Å². The van der Waals surface area contributed by atoms with E-state index in [2.05, 4.69) is 4.99 Å². The van der Waals surface area contributed by atoms with E-state index < -0.39 is 0 Å². The van der Waals surface area contributed by atoms with E-state index in [0.29, 0.717) is 6.61 Å². The molecule has 1 aromatic rings. The molecule has 0 heterocycles. The number of benzene rings is 1. The summed E-state index contributed by atoms with van der Waals surface area (Å²) in [5.41, 5.74) is 2.59. The molecule has 0 saturated heterocycles. The molecule has 17 heavy (non-hydrogen) atoms. The Balaban J connectivity index is 2.42. The Labute approximate surface area is 101 Å². The number of hydroxylamine groups is 1. The van der Waals surface area contributed by atoms with Crippen molar-refractivity contribution in [1.82, 2.24) is 5.48 Å². The summed E-state index contributed by atoms with van der Waals surface area (Å²) >= 11 is 0. The lowest BCUT2D eigenvalue weighted by atomic mass is 10.3. The Bertz CT molecular complexity index is 394. The summed E-state index contributed by atoms with van der Waals surface area (Å²) in [5, 5.41) is 8.33. The number of nitrogens with one attached hydrogen (secondary N) is 1. The largest absolute Gasteiger partial charge is 0.490 e. The van der Waals surface area contributed by atoms with Crippen LogP contribution in [0.4, 0.5) is 5.69 Å². The van der Waals surface area contributed by atoms with E-state index in [1.54, 1.807) is 12.1 Å².